The fraction of sp³-hybridized carbons (Fsp3) is 0.727. The minimum atomic E-state index is -0.921. The van der Waals surface area contributed by atoms with Crippen molar-refractivity contribution in [2.45, 2.75) is 96.9 Å². The Morgan fingerprint density at radius 2 is 1.46 bits per heavy atom. The third-order valence-corrected chi connectivity index (χ3v) is 4.38. The zero-order valence-corrected chi connectivity index (χ0v) is 16.8. The van der Waals surface area contributed by atoms with Crippen molar-refractivity contribution in [3.05, 3.63) is 24.3 Å². The summed E-state index contributed by atoms with van der Waals surface area (Å²) >= 11 is 0. The van der Waals surface area contributed by atoms with Gasteiger partial charge >= 0.3 is 5.97 Å². The predicted molar refractivity (Wildman–Crippen MR) is 109 cm³/mol. The maximum Gasteiger partial charge on any atom is 0.320 e. The second-order valence-corrected chi connectivity index (χ2v) is 6.96. The average Bonchev–Trinajstić information content (AvgIpc) is 2.62. The molecule has 0 radical (unpaired) electrons. The summed E-state index contributed by atoms with van der Waals surface area (Å²) in [6.07, 6.45) is 22.5. The lowest BCUT2D eigenvalue weighted by molar-refractivity contribution is -0.139. The monoisotopic (exact) mass is 365 g/mol. The second-order valence-electron chi connectivity index (χ2n) is 6.96. The molecule has 0 heterocycles. The molecule has 1 atom stereocenters. The Morgan fingerprint density at radius 3 is 2.08 bits per heavy atom. The molecular formula is C22H39NO3. The van der Waals surface area contributed by atoms with E-state index in [9.17, 15) is 9.59 Å². The number of nitrogens with one attached hydrogen (secondary N) is 1. The highest BCUT2D eigenvalue weighted by Crippen LogP contribution is 2.08. The summed E-state index contributed by atoms with van der Waals surface area (Å²) in [5, 5.41) is 11.5. The lowest BCUT2D eigenvalue weighted by atomic mass is 10.1. The van der Waals surface area contributed by atoms with Crippen LogP contribution in [0, 0.1) is 0 Å². The first-order valence-corrected chi connectivity index (χ1v) is 10.4. The number of hydrogen-bond acceptors (Lipinski definition) is 3. The van der Waals surface area contributed by atoms with Gasteiger partial charge in [0.25, 0.3) is 0 Å². The quantitative estimate of drug-likeness (QED) is 0.251. The van der Waals surface area contributed by atoms with Gasteiger partial charge in [0.2, 0.25) is 0 Å². The van der Waals surface area contributed by atoms with E-state index < -0.39 is 12.0 Å². The highest BCUT2D eigenvalue weighted by molar-refractivity contribution is 5.81. The fourth-order valence-corrected chi connectivity index (χ4v) is 2.58. The maximum atomic E-state index is 11.6. The van der Waals surface area contributed by atoms with Gasteiger partial charge in [0, 0.05) is 6.42 Å². The van der Waals surface area contributed by atoms with Crippen LogP contribution in [0.4, 0.5) is 0 Å². The molecule has 0 amide bonds. The number of carbonyl (C=O) groups is 2. The third kappa shape index (κ3) is 17.4. The number of Topliss-reactive ketones (excluding diaryl/α,β-unsaturated/α-hetero) is 1. The van der Waals surface area contributed by atoms with Crippen molar-refractivity contribution in [3.8, 4) is 0 Å². The Labute approximate surface area is 160 Å². The van der Waals surface area contributed by atoms with Gasteiger partial charge in [-0.15, -0.1) is 0 Å². The molecule has 26 heavy (non-hydrogen) atoms. The maximum absolute atomic E-state index is 11.6. The molecule has 0 rings (SSSR count). The van der Waals surface area contributed by atoms with Gasteiger partial charge in [-0.1, -0.05) is 63.3 Å². The van der Waals surface area contributed by atoms with Crippen LogP contribution in [0.25, 0.3) is 0 Å². The molecule has 0 saturated heterocycles. The predicted octanol–water partition coefficient (Wildman–Crippen LogP) is 5.43. The van der Waals surface area contributed by atoms with Crippen LogP contribution in [-0.2, 0) is 9.59 Å². The summed E-state index contributed by atoms with van der Waals surface area (Å²) in [6.45, 7) is 3.94. The van der Waals surface area contributed by atoms with E-state index in [2.05, 4.69) is 36.5 Å². The Morgan fingerprint density at radius 1 is 0.885 bits per heavy atom. The van der Waals surface area contributed by atoms with E-state index >= 15 is 0 Å². The van der Waals surface area contributed by atoms with Crippen molar-refractivity contribution >= 4 is 11.8 Å². The summed E-state index contributed by atoms with van der Waals surface area (Å²) in [4.78, 5) is 22.3. The molecule has 0 aliphatic carbocycles. The summed E-state index contributed by atoms with van der Waals surface area (Å²) in [6, 6.07) is -0.663. The Hall–Kier alpha value is -1.42. The van der Waals surface area contributed by atoms with Crippen molar-refractivity contribution in [2.24, 2.45) is 0 Å². The van der Waals surface area contributed by atoms with Crippen LogP contribution in [0.2, 0.25) is 0 Å². The molecule has 2 N–H and O–H groups in total. The van der Waals surface area contributed by atoms with Gasteiger partial charge in [0.1, 0.15) is 11.8 Å². The molecule has 4 nitrogen and oxygen atoms in total. The third-order valence-electron chi connectivity index (χ3n) is 4.38. The number of hydrogen-bond donors (Lipinski definition) is 2. The highest BCUT2D eigenvalue weighted by Gasteiger charge is 2.11. The molecule has 0 aliphatic rings. The molecule has 0 unspecified atom stereocenters. The van der Waals surface area contributed by atoms with Gasteiger partial charge in [0.15, 0.2) is 0 Å². The van der Waals surface area contributed by atoms with Crippen LogP contribution in [0.15, 0.2) is 24.3 Å². The number of ketones is 1. The van der Waals surface area contributed by atoms with E-state index in [0.717, 1.165) is 32.1 Å². The first-order chi connectivity index (χ1) is 12.6. The smallest absolute Gasteiger partial charge is 0.320 e. The molecule has 150 valence electrons. The van der Waals surface area contributed by atoms with E-state index in [0.29, 0.717) is 6.42 Å². The first kappa shape index (κ1) is 24.6. The van der Waals surface area contributed by atoms with Crippen molar-refractivity contribution in [2.75, 3.05) is 6.54 Å². The van der Waals surface area contributed by atoms with Crippen molar-refractivity contribution in [1.29, 1.82) is 0 Å². The molecule has 0 spiro atoms. The van der Waals surface area contributed by atoms with E-state index in [-0.39, 0.29) is 12.3 Å². The van der Waals surface area contributed by atoms with Crippen LogP contribution >= 0.6 is 0 Å². The molecule has 0 bridgehead atoms. The number of unbranched alkanes of at least 4 members (excludes halogenated alkanes) is 8. The normalized spacial score (nSPS) is 12.8. The van der Waals surface area contributed by atoms with Gasteiger partial charge in [-0.3, -0.25) is 14.9 Å². The van der Waals surface area contributed by atoms with Crippen LogP contribution < -0.4 is 5.32 Å². The summed E-state index contributed by atoms with van der Waals surface area (Å²) < 4.78 is 0. The lowest BCUT2D eigenvalue weighted by Gasteiger charge is -2.07. The highest BCUT2D eigenvalue weighted by atomic mass is 16.4. The van der Waals surface area contributed by atoms with Gasteiger partial charge < -0.3 is 5.11 Å². The summed E-state index contributed by atoms with van der Waals surface area (Å²) in [5.41, 5.74) is 0. The zero-order valence-electron chi connectivity index (χ0n) is 16.8. The van der Waals surface area contributed by atoms with Crippen LogP contribution in [0.1, 0.15) is 90.9 Å². The van der Waals surface area contributed by atoms with E-state index in [1.807, 2.05) is 0 Å². The van der Waals surface area contributed by atoms with Gasteiger partial charge in [-0.2, -0.15) is 0 Å². The van der Waals surface area contributed by atoms with Crippen molar-refractivity contribution < 1.29 is 14.7 Å². The number of rotatable bonds is 18. The Kier molecular flexibility index (Phi) is 17.4. The first-order valence-electron chi connectivity index (χ1n) is 10.4. The zero-order chi connectivity index (χ0) is 19.5. The number of carboxylic acid groups (broad SMARTS) is 1. The van der Waals surface area contributed by atoms with Gasteiger partial charge in [-0.05, 0) is 45.4 Å². The number of carboxylic acids is 1. The Bertz CT molecular complexity index is 416. The largest absolute Gasteiger partial charge is 0.480 e. The standard InChI is InChI=1S/C22H39NO3/c1-3-4-5-6-7-8-9-10-11-12-13-14-15-16-17-18-21(24)19-23-20(2)22(25)26/h7-8,10-11,20,23H,3-6,9,12-19H2,1-2H3,(H,25,26)/b8-7-,11-10-/t20-/m0/s1. The molecular weight excluding hydrogens is 326 g/mol. The van der Waals surface area contributed by atoms with Gasteiger partial charge in [0.05, 0.1) is 6.54 Å². The second kappa shape index (κ2) is 18.4. The topological polar surface area (TPSA) is 66.4 Å². The van der Waals surface area contributed by atoms with Crippen LogP contribution in [0.5, 0.6) is 0 Å². The summed E-state index contributed by atoms with van der Waals surface area (Å²) in [7, 11) is 0. The lowest BCUT2D eigenvalue weighted by Crippen LogP contribution is -2.37. The molecule has 0 aromatic carbocycles. The molecule has 4 heteroatoms. The van der Waals surface area contributed by atoms with Gasteiger partial charge in [-0.25, -0.2) is 0 Å². The van der Waals surface area contributed by atoms with Crippen LogP contribution in [0.3, 0.4) is 0 Å². The SMILES string of the molecule is CCCCC/C=C\C/C=C\CCCCCCCC(=O)CN[C@@H](C)C(=O)O. The Balaban J connectivity index is 3.36. The van der Waals surface area contributed by atoms with Crippen LogP contribution in [-0.4, -0.2) is 29.4 Å². The number of aliphatic carboxylic acids is 1. The average molecular weight is 366 g/mol. The molecule has 0 fully saturated rings. The minimum Gasteiger partial charge on any atom is -0.480 e. The summed E-state index contributed by atoms with van der Waals surface area (Å²) in [5.74, 6) is -0.821. The van der Waals surface area contributed by atoms with E-state index in [4.69, 9.17) is 5.11 Å². The fourth-order valence-electron chi connectivity index (χ4n) is 2.58. The minimum absolute atomic E-state index is 0.101. The molecule has 0 aromatic heterocycles. The van der Waals surface area contributed by atoms with E-state index in [1.54, 1.807) is 6.92 Å². The van der Waals surface area contributed by atoms with E-state index in [1.165, 1.54) is 38.5 Å². The molecule has 0 saturated carbocycles. The number of allylic oxidation sites excluding steroid dienone is 4. The van der Waals surface area contributed by atoms with Crippen molar-refractivity contribution in [3.63, 3.8) is 0 Å². The molecule has 0 aliphatic heterocycles. The number of carbonyl (C=O) groups excluding carboxylic acids is 1. The molecule has 0 aromatic rings. The van der Waals surface area contributed by atoms with Crippen molar-refractivity contribution in [1.82, 2.24) is 5.32 Å².